The average Bonchev–Trinajstić information content (AvgIpc) is 3.30. The van der Waals surface area contributed by atoms with Crippen LogP contribution in [0.5, 0.6) is 0 Å². The van der Waals surface area contributed by atoms with Crippen LogP contribution in [0.4, 0.5) is 5.82 Å². The lowest BCUT2D eigenvalue weighted by Crippen LogP contribution is -2.10. The highest BCUT2D eigenvalue weighted by molar-refractivity contribution is 5.94. The van der Waals surface area contributed by atoms with Crippen LogP contribution in [0.15, 0.2) is 42.6 Å². The first-order valence-corrected chi connectivity index (χ1v) is 7.69. The number of amides is 1. The van der Waals surface area contributed by atoms with Gasteiger partial charge in [0.15, 0.2) is 5.65 Å². The van der Waals surface area contributed by atoms with Gasteiger partial charge >= 0.3 is 0 Å². The molecule has 1 fully saturated rings. The van der Waals surface area contributed by atoms with Crippen molar-refractivity contribution < 1.29 is 4.79 Å². The lowest BCUT2D eigenvalue weighted by Gasteiger charge is -2.07. The number of nitrogens with zero attached hydrogens (tertiary/aromatic N) is 3. The Bertz CT molecular complexity index is 882. The van der Waals surface area contributed by atoms with Gasteiger partial charge in [-0.25, -0.2) is 9.50 Å². The molecule has 1 aromatic carbocycles. The second-order valence-electron chi connectivity index (χ2n) is 5.90. The predicted octanol–water partition coefficient (Wildman–Crippen LogP) is 2.32. The summed E-state index contributed by atoms with van der Waals surface area (Å²) in [5.41, 5.74) is 8.29. The molecular formula is C17H17N5O. The van der Waals surface area contributed by atoms with Gasteiger partial charge in [-0.05, 0) is 43.0 Å². The molecule has 0 aliphatic heterocycles. The van der Waals surface area contributed by atoms with Gasteiger partial charge in [0.1, 0.15) is 5.82 Å². The van der Waals surface area contributed by atoms with Crippen molar-refractivity contribution >= 4 is 17.4 Å². The molecule has 1 amide bonds. The maximum absolute atomic E-state index is 11.4. The Labute approximate surface area is 133 Å². The van der Waals surface area contributed by atoms with Crippen LogP contribution in [-0.2, 0) is 0 Å². The van der Waals surface area contributed by atoms with Crippen LogP contribution in [0.25, 0.3) is 16.9 Å². The Kier molecular flexibility index (Phi) is 3.22. The summed E-state index contributed by atoms with van der Waals surface area (Å²) in [5.74, 6) is 1.16. The van der Waals surface area contributed by atoms with E-state index < -0.39 is 5.91 Å². The molecule has 0 unspecified atom stereocenters. The van der Waals surface area contributed by atoms with Crippen LogP contribution in [0.1, 0.15) is 23.2 Å². The second kappa shape index (κ2) is 5.39. The van der Waals surface area contributed by atoms with Gasteiger partial charge < -0.3 is 11.1 Å². The third-order valence-electron chi connectivity index (χ3n) is 4.07. The number of imidazole rings is 1. The molecule has 1 saturated carbocycles. The van der Waals surface area contributed by atoms with E-state index in [2.05, 4.69) is 15.4 Å². The maximum atomic E-state index is 11.4. The first kappa shape index (κ1) is 13.8. The van der Waals surface area contributed by atoms with Gasteiger partial charge in [-0.1, -0.05) is 12.1 Å². The Morgan fingerprint density at radius 2 is 2.17 bits per heavy atom. The molecule has 0 spiro atoms. The van der Waals surface area contributed by atoms with Gasteiger partial charge in [0.25, 0.3) is 0 Å². The highest BCUT2D eigenvalue weighted by Crippen LogP contribution is 2.29. The first-order chi connectivity index (χ1) is 11.2. The van der Waals surface area contributed by atoms with Crippen LogP contribution in [0, 0.1) is 5.92 Å². The fourth-order valence-corrected chi connectivity index (χ4v) is 2.57. The van der Waals surface area contributed by atoms with Gasteiger partial charge in [0.2, 0.25) is 5.91 Å². The van der Waals surface area contributed by atoms with Crippen molar-refractivity contribution in [3.63, 3.8) is 0 Å². The lowest BCUT2D eigenvalue weighted by atomic mass is 10.1. The van der Waals surface area contributed by atoms with E-state index in [1.165, 1.54) is 12.8 Å². The minimum Gasteiger partial charge on any atom is -0.368 e. The number of hydrogen-bond acceptors (Lipinski definition) is 4. The van der Waals surface area contributed by atoms with Crippen molar-refractivity contribution in [2.45, 2.75) is 12.8 Å². The van der Waals surface area contributed by atoms with E-state index in [1.54, 1.807) is 22.8 Å². The van der Waals surface area contributed by atoms with E-state index in [0.717, 1.165) is 35.2 Å². The van der Waals surface area contributed by atoms with Crippen LogP contribution >= 0.6 is 0 Å². The van der Waals surface area contributed by atoms with E-state index in [9.17, 15) is 4.79 Å². The molecule has 3 N–H and O–H groups in total. The molecule has 0 saturated heterocycles. The lowest BCUT2D eigenvalue weighted by molar-refractivity contribution is 0.100. The van der Waals surface area contributed by atoms with Crippen molar-refractivity contribution in [1.82, 2.24) is 14.6 Å². The number of hydrogen-bond donors (Lipinski definition) is 2. The van der Waals surface area contributed by atoms with E-state index in [-0.39, 0.29) is 0 Å². The number of anilines is 1. The summed E-state index contributed by atoms with van der Waals surface area (Å²) in [6.45, 7) is 0.958. The fourth-order valence-electron chi connectivity index (χ4n) is 2.57. The minimum absolute atomic E-state index is 0.444. The van der Waals surface area contributed by atoms with E-state index in [1.807, 2.05) is 24.3 Å². The standard InChI is InChI=1S/C17H17N5O/c18-17(23)13-3-1-2-12(8-13)14-10-20-16-7-6-15(21-22(14)16)19-9-11-4-5-11/h1-3,6-8,10-11H,4-5,9H2,(H2,18,23)(H,19,21). The monoisotopic (exact) mass is 307 g/mol. The number of benzene rings is 1. The first-order valence-electron chi connectivity index (χ1n) is 7.69. The van der Waals surface area contributed by atoms with E-state index in [0.29, 0.717) is 5.56 Å². The third kappa shape index (κ3) is 2.75. The van der Waals surface area contributed by atoms with Gasteiger partial charge in [-0.2, -0.15) is 0 Å². The quantitative estimate of drug-likeness (QED) is 0.757. The highest BCUT2D eigenvalue weighted by Gasteiger charge is 2.20. The molecule has 0 atom stereocenters. The fraction of sp³-hybridized carbons (Fsp3) is 0.235. The number of nitrogens with one attached hydrogen (secondary N) is 1. The molecule has 1 aliphatic carbocycles. The number of rotatable bonds is 5. The highest BCUT2D eigenvalue weighted by atomic mass is 16.1. The maximum Gasteiger partial charge on any atom is 0.248 e. The van der Waals surface area contributed by atoms with Crippen molar-refractivity contribution in [2.24, 2.45) is 11.7 Å². The minimum atomic E-state index is -0.444. The van der Waals surface area contributed by atoms with Gasteiger partial charge in [0, 0.05) is 17.7 Å². The van der Waals surface area contributed by atoms with Crippen LogP contribution in [-0.4, -0.2) is 27.0 Å². The van der Waals surface area contributed by atoms with Gasteiger partial charge in [-0.3, -0.25) is 4.79 Å². The number of carbonyl (C=O) groups is 1. The normalized spacial score (nSPS) is 14.1. The topological polar surface area (TPSA) is 85.3 Å². The van der Waals surface area contributed by atoms with Crippen LogP contribution in [0.3, 0.4) is 0 Å². The van der Waals surface area contributed by atoms with Crippen molar-refractivity contribution in [2.75, 3.05) is 11.9 Å². The molecule has 116 valence electrons. The predicted molar refractivity (Wildman–Crippen MR) is 88.2 cm³/mol. The third-order valence-corrected chi connectivity index (χ3v) is 4.07. The van der Waals surface area contributed by atoms with Crippen molar-refractivity contribution in [3.05, 3.63) is 48.2 Å². The zero-order valence-electron chi connectivity index (χ0n) is 12.6. The molecule has 2 aromatic heterocycles. The molecule has 0 radical (unpaired) electrons. The average molecular weight is 307 g/mol. The Balaban J connectivity index is 1.72. The summed E-state index contributed by atoms with van der Waals surface area (Å²) in [5, 5.41) is 7.98. The Morgan fingerprint density at radius 1 is 1.30 bits per heavy atom. The zero-order valence-corrected chi connectivity index (χ0v) is 12.6. The van der Waals surface area contributed by atoms with Crippen LogP contribution in [0.2, 0.25) is 0 Å². The molecule has 3 aromatic rings. The summed E-state index contributed by atoms with van der Waals surface area (Å²) in [7, 11) is 0. The van der Waals surface area contributed by atoms with Crippen LogP contribution < -0.4 is 11.1 Å². The van der Waals surface area contributed by atoms with Gasteiger partial charge in [-0.15, -0.1) is 5.10 Å². The zero-order chi connectivity index (χ0) is 15.8. The van der Waals surface area contributed by atoms with E-state index in [4.69, 9.17) is 5.73 Å². The molecule has 6 heteroatoms. The molecule has 2 heterocycles. The van der Waals surface area contributed by atoms with Crippen molar-refractivity contribution in [1.29, 1.82) is 0 Å². The summed E-state index contributed by atoms with van der Waals surface area (Å²) in [6.07, 6.45) is 4.35. The molecule has 0 bridgehead atoms. The van der Waals surface area contributed by atoms with Crippen molar-refractivity contribution in [3.8, 4) is 11.3 Å². The largest absolute Gasteiger partial charge is 0.368 e. The number of fused-ring (bicyclic) bond motifs is 1. The smallest absolute Gasteiger partial charge is 0.248 e. The Hall–Kier alpha value is -2.89. The molecule has 1 aliphatic rings. The number of nitrogens with two attached hydrogens (primary N) is 1. The summed E-state index contributed by atoms with van der Waals surface area (Å²) >= 11 is 0. The number of carbonyl (C=O) groups excluding carboxylic acids is 1. The number of aromatic nitrogens is 3. The molecule has 6 nitrogen and oxygen atoms in total. The summed E-state index contributed by atoms with van der Waals surface area (Å²) < 4.78 is 1.79. The summed E-state index contributed by atoms with van der Waals surface area (Å²) in [4.78, 5) is 15.7. The Morgan fingerprint density at radius 3 is 2.96 bits per heavy atom. The second-order valence-corrected chi connectivity index (χ2v) is 5.90. The molecule has 23 heavy (non-hydrogen) atoms. The number of primary amides is 1. The van der Waals surface area contributed by atoms with Gasteiger partial charge in [0.05, 0.1) is 11.9 Å². The summed E-state index contributed by atoms with van der Waals surface area (Å²) in [6, 6.07) is 11.1. The van der Waals surface area contributed by atoms with E-state index >= 15 is 0 Å². The SMILES string of the molecule is NC(=O)c1cccc(-c2cnc3ccc(NCC4CC4)nn23)c1. The molecule has 4 rings (SSSR count). The molecular weight excluding hydrogens is 290 g/mol.